The molecule has 150 valence electrons. The van der Waals surface area contributed by atoms with E-state index in [-0.39, 0.29) is 24.5 Å². The molecule has 0 atom stereocenters. The first-order chi connectivity index (χ1) is 12.8. The van der Waals surface area contributed by atoms with Gasteiger partial charge in [-0.05, 0) is 30.7 Å². The fourth-order valence-corrected chi connectivity index (χ4v) is 4.22. The summed E-state index contributed by atoms with van der Waals surface area (Å²) in [6, 6.07) is 5.54. The Labute approximate surface area is 164 Å². The number of nitrogens with one attached hydrogen (secondary N) is 2. The Kier molecular flexibility index (Phi) is 8.03. The van der Waals surface area contributed by atoms with Gasteiger partial charge >= 0.3 is 6.03 Å². The van der Waals surface area contributed by atoms with Gasteiger partial charge in [0.05, 0.1) is 11.4 Å². The number of halogens is 1. The van der Waals surface area contributed by atoms with Crippen molar-refractivity contribution in [1.82, 2.24) is 19.8 Å². The molecule has 0 bridgehead atoms. The number of piperazine rings is 1. The van der Waals surface area contributed by atoms with Gasteiger partial charge in [-0.1, -0.05) is 24.9 Å². The molecular formula is C17H25ClN4O4S. The van der Waals surface area contributed by atoms with Gasteiger partial charge in [0.2, 0.25) is 15.9 Å². The number of carbonyl (C=O) groups excluding carboxylic acids is 2. The lowest BCUT2D eigenvalue weighted by Crippen LogP contribution is -2.52. The van der Waals surface area contributed by atoms with E-state index in [4.69, 9.17) is 11.6 Å². The average Bonchev–Trinajstić information content (AvgIpc) is 2.62. The van der Waals surface area contributed by atoms with Crippen molar-refractivity contribution in [2.24, 2.45) is 0 Å². The van der Waals surface area contributed by atoms with Gasteiger partial charge in [0.15, 0.2) is 0 Å². The Balaban J connectivity index is 1.80. The van der Waals surface area contributed by atoms with Crippen molar-refractivity contribution in [3.05, 3.63) is 29.3 Å². The van der Waals surface area contributed by atoms with E-state index >= 15 is 0 Å². The maximum atomic E-state index is 12.6. The number of urea groups is 1. The van der Waals surface area contributed by atoms with Crippen molar-refractivity contribution < 1.29 is 18.0 Å². The first-order valence-electron chi connectivity index (χ1n) is 8.88. The molecule has 1 heterocycles. The molecule has 10 heteroatoms. The lowest BCUT2D eigenvalue weighted by Gasteiger charge is -2.33. The van der Waals surface area contributed by atoms with E-state index in [2.05, 4.69) is 10.6 Å². The van der Waals surface area contributed by atoms with Crippen LogP contribution in [0.2, 0.25) is 5.02 Å². The zero-order valence-electron chi connectivity index (χ0n) is 15.3. The Morgan fingerprint density at radius 1 is 1.11 bits per heavy atom. The van der Waals surface area contributed by atoms with Crippen LogP contribution in [0, 0.1) is 0 Å². The molecule has 2 rings (SSSR count). The van der Waals surface area contributed by atoms with Crippen LogP contribution in [0.1, 0.15) is 19.8 Å². The van der Waals surface area contributed by atoms with Crippen LogP contribution in [0.4, 0.5) is 4.79 Å². The number of hydrogen-bond donors (Lipinski definition) is 2. The topological polar surface area (TPSA) is 98.8 Å². The van der Waals surface area contributed by atoms with Gasteiger partial charge in [-0.2, -0.15) is 4.31 Å². The van der Waals surface area contributed by atoms with Crippen LogP contribution in [0.5, 0.6) is 0 Å². The number of amides is 3. The number of carbonyl (C=O) groups is 2. The number of hydrogen-bond acceptors (Lipinski definition) is 5. The summed E-state index contributed by atoms with van der Waals surface area (Å²) in [5.74, 6) is -0.405. The molecule has 1 fully saturated rings. The molecule has 0 spiro atoms. The van der Waals surface area contributed by atoms with Crippen LogP contribution in [-0.2, 0) is 14.8 Å². The summed E-state index contributed by atoms with van der Waals surface area (Å²) in [6.45, 7) is 3.97. The Hall–Kier alpha value is -1.68. The third-order valence-corrected chi connectivity index (χ3v) is 6.38. The second kappa shape index (κ2) is 10.0. The molecule has 0 radical (unpaired) electrons. The first-order valence-corrected chi connectivity index (χ1v) is 10.7. The molecule has 1 aliphatic rings. The molecule has 1 aliphatic heterocycles. The molecule has 27 heavy (non-hydrogen) atoms. The number of nitrogens with zero attached hydrogens (tertiary/aromatic N) is 2. The zero-order chi connectivity index (χ0) is 19.9. The summed E-state index contributed by atoms with van der Waals surface area (Å²) in [7, 11) is -3.58. The first kappa shape index (κ1) is 21.6. The van der Waals surface area contributed by atoms with Gasteiger partial charge in [-0.15, -0.1) is 0 Å². The van der Waals surface area contributed by atoms with Crippen molar-refractivity contribution >= 4 is 33.6 Å². The highest BCUT2D eigenvalue weighted by Crippen LogP contribution is 2.19. The molecular weight excluding hydrogens is 392 g/mol. The molecule has 0 aromatic heterocycles. The van der Waals surface area contributed by atoms with Crippen molar-refractivity contribution in [2.75, 3.05) is 39.3 Å². The molecule has 1 saturated heterocycles. The third kappa shape index (κ3) is 6.46. The van der Waals surface area contributed by atoms with Crippen LogP contribution in [0.3, 0.4) is 0 Å². The summed E-state index contributed by atoms with van der Waals surface area (Å²) in [4.78, 5) is 25.5. The fraction of sp³-hybridized carbons (Fsp3) is 0.529. The molecule has 1 aromatic rings. The molecule has 1 aromatic carbocycles. The van der Waals surface area contributed by atoms with Crippen LogP contribution >= 0.6 is 11.6 Å². The number of rotatable bonds is 7. The molecule has 2 N–H and O–H groups in total. The predicted molar refractivity (Wildman–Crippen MR) is 103 cm³/mol. The van der Waals surface area contributed by atoms with Gasteiger partial charge in [-0.3, -0.25) is 15.0 Å². The van der Waals surface area contributed by atoms with Gasteiger partial charge in [-0.25, -0.2) is 13.2 Å². The third-order valence-electron chi connectivity index (χ3n) is 4.22. The maximum absolute atomic E-state index is 12.6. The number of unbranched alkanes of at least 4 members (excludes halogenated alkanes) is 1. The van der Waals surface area contributed by atoms with Crippen LogP contribution in [0.25, 0.3) is 0 Å². The smallest absolute Gasteiger partial charge is 0.321 e. The van der Waals surface area contributed by atoms with E-state index in [0.717, 1.165) is 12.8 Å². The highest BCUT2D eigenvalue weighted by Gasteiger charge is 2.29. The minimum atomic E-state index is -3.58. The summed E-state index contributed by atoms with van der Waals surface area (Å²) in [5.41, 5.74) is 0. The SMILES string of the molecule is CCCCNC(=O)NC(=O)CN1CCN(S(=O)(=O)c2ccc(Cl)cc2)CC1. The highest BCUT2D eigenvalue weighted by molar-refractivity contribution is 7.89. The Morgan fingerprint density at radius 3 is 2.33 bits per heavy atom. The van der Waals surface area contributed by atoms with Crippen molar-refractivity contribution in [2.45, 2.75) is 24.7 Å². The standard InChI is InChI=1S/C17H25ClN4O4S/c1-2-3-8-19-17(24)20-16(23)13-21-9-11-22(12-10-21)27(25,26)15-6-4-14(18)5-7-15/h4-7H,2-3,8-13H2,1H3,(H2,19,20,23,24). The minimum Gasteiger partial charge on any atom is -0.338 e. The van der Waals surface area contributed by atoms with E-state index in [1.165, 1.54) is 16.4 Å². The number of benzene rings is 1. The fourth-order valence-electron chi connectivity index (χ4n) is 2.68. The molecule has 3 amide bonds. The Morgan fingerprint density at radius 2 is 1.74 bits per heavy atom. The van der Waals surface area contributed by atoms with Gasteiger partial charge in [0, 0.05) is 37.7 Å². The lowest BCUT2D eigenvalue weighted by atomic mass is 10.3. The molecule has 8 nitrogen and oxygen atoms in total. The predicted octanol–water partition coefficient (Wildman–Crippen LogP) is 1.27. The van der Waals surface area contributed by atoms with Gasteiger partial charge in [0.1, 0.15) is 0 Å². The monoisotopic (exact) mass is 416 g/mol. The zero-order valence-corrected chi connectivity index (χ0v) is 16.9. The van der Waals surface area contributed by atoms with Crippen molar-refractivity contribution in [3.8, 4) is 0 Å². The average molecular weight is 417 g/mol. The summed E-state index contributed by atoms with van der Waals surface area (Å²) >= 11 is 5.81. The van der Waals surface area contributed by atoms with E-state index in [0.29, 0.717) is 24.7 Å². The van der Waals surface area contributed by atoms with E-state index in [1.54, 1.807) is 12.1 Å². The molecule has 0 saturated carbocycles. The normalized spacial score (nSPS) is 16.1. The maximum Gasteiger partial charge on any atom is 0.321 e. The quantitative estimate of drug-likeness (QED) is 0.652. The molecule has 0 unspecified atom stereocenters. The van der Waals surface area contributed by atoms with Gasteiger partial charge in [0.25, 0.3) is 0 Å². The summed E-state index contributed by atoms with van der Waals surface area (Å²) in [6.07, 6.45) is 1.81. The van der Waals surface area contributed by atoms with Crippen LogP contribution < -0.4 is 10.6 Å². The second-order valence-corrected chi connectivity index (χ2v) is 8.67. The second-order valence-electron chi connectivity index (χ2n) is 6.29. The largest absolute Gasteiger partial charge is 0.338 e. The number of sulfonamides is 1. The van der Waals surface area contributed by atoms with Gasteiger partial charge < -0.3 is 5.32 Å². The van der Waals surface area contributed by atoms with E-state index in [1.807, 2.05) is 11.8 Å². The van der Waals surface area contributed by atoms with E-state index < -0.39 is 22.0 Å². The van der Waals surface area contributed by atoms with Crippen LogP contribution in [-0.4, -0.2) is 68.8 Å². The van der Waals surface area contributed by atoms with Crippen LogP contribution in [0.15, 0.2) is 29.2 Å². The summed E-state index contributed by atoms with van der Waals surface area (Å²) < 4.78 is 26.7. The lowest BCUT2D eigenvalue weighted by molar-refractivity contribution is -0.121. The highest BCUT2D eigenvalue weighted by atomic mass is 35.5. The van der Waals surface area contributed by atoms with Crippen molar-refractivity contribution in [1.29, 1.82) is 0 Å². The molecule has 0 aliphatic carbocycles. The minimum absolute atomic E-state index is 0.0516. The number of imide groups is 1. The summed E-state index contributed by atoms with van der Waals surface area (Å²) in [5, 5.41) is 5.37. The van der Waals surface area contributed by atoms with E-state index in [9.17, 15) is 18.0 Å². The Bertz CT molecular complexity index is 747. The van der Waals surface area contributed by atoms with Crippen molar-refractivity contribution in [3.63, 3.8) is 0 Å².